The van der Waals surface area contributed by atoms with E-state index in [2.05, 4.69) is 143 Å². The molecule has 0 aliphatic heterocycles. The maximum atomic E-state index is 8.49. The van der Waals surface area contributed by atoms with Crippen molar-refractivity contribution in [2.75, 3.05) is 0 Å². The molecule has 0 bridgehead atoms. The largest absolute Gasteiger partial charge is 0.309 e. The van der Waals surface area contributed by atoms with Crippen LogP contribution < -0.4 is 0 Å². The normalized spacial score (nSPS) is 13.0. The molecule has 0 radical (unpaired) electrons. The predicted octanol–water partition coefficient (Wildman–Crippen LogP) is 12.9. The Morgan fingerprint density at radius 2 is 0.800 bits per heavy atom. The van der Waals surface area contributed by atoms with Gasteiger partial charge in [0.1, 0.15) is 0 Å². The Hall–Kier alpha value is -6.64. The van der Waals surface area contributed by atoms with Crippen LogP contribution in [0, 0.1) is 0 Å². The van der Waals surface area contributed by atoms with Gasteiger partial charge < -0.3 is 9.13 Å². The third-order valence-corrected chi connectivity index (χ3v) is 9.79. The van der Waals surface area contributed by atoms with Gasteiger partial charge in [-0.3, -0.25) is 0 Å². The van der Waals surface area contributed by atoms with E-state index in [4.69, 9.17) is 6.85 Å². The number of hydrogen-bond donors (Lipinski definition) is 0. The highest BCUT2D eigenvalue weighted by atomic mass is 15.0. The molecular formula is C48H32N2. The van der Waals surface area contributed by atoms with Gasteiger partial charge in [0.15, 0.2) is 0 Å². The molecule has 0 N–H and O–H groups in total. The molecule has 8 aromatic carbocycles. The zero-order valence-electron chi connectivity index (χ0n) is 32.0. The smallest absolute Gasteiger partial charge is 0.0629 e. The van der Waals surface area contributed by atoms with Crippen molar-refractivity contribution in [3.05, 3.63) is 194 Å². The van der Waals surface area contributed by atoms with Crippen molar-refractivity contribution < 1.29 is 6.85 Å². The van der Waals surface area contributed by atoms with Crippen molar-refractivity contribution in [1.29, 1.82) is 0 Å². The first-order chi connectivity index (χ1) is 26.9. The lowest BCUT2D eigenvalue weighted by atomic mass is 9.99. The number of aromatic nitrogens is 2. The van der Waals surface area contributed by atoms with Crippen molar-refractivity contribution in [2.45, 2.75) is 0 Å². The average molecular weight is 642 g/mol. The highest BCUT2D eigenvalue weighted by Crippen LogP contribution is 2.40. The summed E-state index contributed by atoms with van der Waals surface area (Å²) in [6.45, 7) is 0. The highest BCUT2D eigenvalue weighted by molar-refractivity contribution is 6.19. The first kappa shape index (κ1) is 23.6. The molecule has 0 fully saturated rings. The summed E-state index contributed by atoms with van der Waals surface area (Å²) in [5.74, 6) is 0. The van der Waals surface area contributed by atoms with E-state index >= 15 is 0 Å². The molecule has 2 nitrogen and oxygen atoms in total. The second-order valence-corrected chi connectivity index (χ2v) is 12.6. The molecule has 50 heavy (non-hydrogen) atoms. The lowest BCUT2D eigenvalue weighted by Gasteiger charge is -2.11. The molecule has 234 valence electrons. The Kier molecular flexibility index (Phi) is 5.44. The summed E-state index contributed by atoms with van der Waals surface area (Å²) < 4.78 is 46.0. The summed E-state index contributed by atoms with van der Waals surface area (Å²) in [7, 11) is 0. The maximum Gasteiger partial charge on any atom is 0.0629 e. The number of rotatable bonds is 5. The Labute approximate surface area is 297 Å². The minimum absolute atomic E-state index is 0.200. The van der Waals surface area contributed by atoms with E-state index in [1.165, 1.54) is 32.7 Å². The second kappa shape index (κ2) is 11.5. The van der Waals surface area contributed by atoms with Gasteiger partial charge in [-0.25, -0.2) is 0 Å². The molecule has 0 aliphatic carbocycles. The van der Waals surface area contributed by atoms with Crippen LogP contribution in [-0.4, -0.2) is 9.13 Å². The summed E-state index contributed by atoms with van der Waals surface area (Å²) in [6.07, 6.45) is 0. The van der Waals surface area contributed by atoms with Crippen LogP contribution in [0.1, 0.15) is 6.85 Å². The van der Waals surface area contributed by atoms with Crippen molar-refractivity contribution in [2.24, 2.45) is 0 Å². The molecule has 10 aromatic rings. The molecular weight excluding hydrogens is 605 g/mol. The number of para-hydroxylation sites is 2. The topological polar surface area (TPSA) is 9.86 Å². The molecule has 0 aliphatic rings. The first-order valence-electron chi connectivity index (χ1n) is 19.3. The van der Waals surface area contributed by atoms with Crippen LogP contribution in [0.15, 0.2) is 194 Å². The summed E-state index contributed by atoms with van der Waals surface area (Å²) in [5.41, 5.74) is 11.7. The SMILES string of the molecule is [2H]c1c([2H])c([2H])c(-c2cccc(-c3ccc(-n4c5ccccc5c5cc6c(cc54)c4ccccc4n6-c4cccc(-c5ccccc5)c4)cc3)c2)c([2H])c1[2H]. The number of nitrogens with zero attached hydrogens (tertiary/aromatic N) is 2. The average Bonchev–Trinajstić information content (AvgIpc) is 3.74. The second-order valence-electron chi connectivity index (χ2n) is 12.6. The van der Waals surface area contributed by atoms with E-state index in [1.54, 1.807) is 6.07 Å². The van der Waals surface area contributed by atoms with Gasteiger partial charge in [0.25, 0.3) is 0 Å². The minimum Gasteiger partial charge on any atom is -0.309 e. The quantitative estimate of drug-likeness (QED) is 0.177. The number of fused-ring (bicyclic) bond motifs is 6. The van der Waals surface area contributed by atoms with E-state index < -0.39 is 6.04 Å². The number of benzene rings is 8. The zero-order chi connectivity index (χ0) is 37.4. The van der Waals surface area contributed by atoms with Crippen LogP contribution in [0.5, 0.6) is 0 Å². The van der Waals surface area contributed by atoms with Crippen LogP contribution in [-0.2, 0) is 0 Å². The molecule has 0 spiro atoms. The van der Waals surface area contributed by atoms with E-state index in [-0.39, 0.29) is 29.7 Å². The van der Waals surface area contributed by atoms with Gasteiger partial charge in [-0.2, -0.15) is 0 Å². The fraction of sp³-hybridized carbons (Fsp3) is 0. The molecule has 10 rings (SSSR count). The zero-order valence-corrected chi connectivity index (χ0v) is 27.0. The van der Waals surface area contributed by atoms with E-state index in [0.717, 1.165) is 44.6 Å². The van der Waals surface area contributed by atoms with Crippen molar-refractivity contribution in [1.82, 2.24) is 9.13 Å². The van der Waals surface area contributed by atoms with Crippen LogP contribution in [0.2, 0.25) is 0 Å². The van der Waals surface area contributed by atoms with Gasteiger partial charge >= 0.3 is 0 Å². The fourth-order valence-electron chi connectivity index (χ4n) is 7.49. The third kappa shape index (κ3) is 4.57. The van der Waals surface area contributed by atoms with Crippen LogP contribution >= 0.6 is 0 Å². The van der Waals surface area contributed by atoms with Gasteiger partial charge in [-0.15, -0.1) is 0 Å². The molecule has 0 saturated heterocycles. The molecule has 2 aromatic heterocycles. The maximum absolute atomic E-state index is 8.49. The Morgan fingerprint density at radius 1 is 0.300 bits per heavy atom. The standard InChI is InChI=1S/C48H32N2/c1-3-13-33(14-4-1)36-17-11-18-37(29-36)35-25-27-39(28-26-35)49-45-23-9-7-21-41(45)43-32-48-44(31-47(43)49)42-22-8-10-24-46(42)50(48)40-20-12-19-38(30-40)34-15-5-2-6-16-34/h1-32H/i1D,3D,4D,13D,14D. The van der Waals surface area contributed by atoms with Crippen LogP contribution in [0.25, 0.3) is 88.4 Å². The minimum atomic E-state index is -0.393. The summed E-state index contributed by atoms with van der Waals surface area (Å²) >= 11 is 0. The van der Waals surface area contributed by atoms with Gasteiger partial charge in [-0.05, 0) is 88.0 Å². The molecule has 0 unspecified atom stereocenters. The number of hydrogen-bond acceptors (Lipinski definition) is 0. The molecule has 0 atom stereocenters. The Balaban J connectivity index is 1.12. The van der Waals surface area contributed by atoms with E-state index in [0.29, 0.717) is 5.56 Å². The summed E-state index contributed by atoms with van der Waals surface area (Å²) in [6, 6.07) is 55.6. The predicted molar refractivity (Wildman–Crippen MR) is 211 cm³/mol. The molecule has 2 heterocycles. The van der Waals surface area contributed by atoms with Crippen molar-refractivity contribution in [3.63, 3.8) is 0 Å². The molecule has 2 heteroatoms. The van der Waals surface area contributed by atoms with Gasteiger partial charge in [0.05, 0.1) is 28.9 Å². The first-order valence-corrected chi connectivity index (χ1v) is 16.8. The Morgan fingerprint density at radius 3 is 1.46 bits per heavy atom. The van der Waals surface area contributed by atoms with Crippen LogP contribution in [0.4, 0.5) is 0 Å². The van der Waals surface area contributed by atoms with E-state index in [1.807, 2.05) is 24.3 Å². The highest BCUT2D eigenvalue weighted by Gasteiger charge is 2.18. The van der Waals surface area contributed by atoms with Gasteiger partial charge in [0.2, 0.25) is 0 Å². The van der Waals surface area contributed by atoms with E-state index in [9.17, 15) is 0 Å². The lowest BCUT2D eigenvalue weighted by Crippen LogP contribution is -1.95. The molecule has 0 amide bonds. The fourth-order valence-corrected chi connectivity index (χ4v) is 7.49. The monoisotopic (exact) mass is 641 g/mol. The molecule has 0 saturated carbocycles. The van der Waals surface area contributed by atoms with Crippen LogP contribution in [0.3, 0.4) is 0 Å². The third-order valence-electron chi connectivity index (χ3n) is 9.79. The lowest BCUT2D eigenvalue weighted by molar-refractivity contribution is 1.17. The summed E-state index contributed by atoms with van der Waals surface area (Å²) in [5, 5.41) is 4.71. The van der Waals surface area contributed by atoms with Crippen molar-refractivity contribution in [3.8, 4) is 44.8 Å². The summed E-state index contributed by atoms with van der Waals surface area (Å²) in [4.78, 5) is 0. The van der Waals surface area contributed by atoms with Gasteiger partial charge in [-0.1, -0.05) is 139 Å². The van der Waals surface area contributed by atoms with Crippen molar-refractivity contribution >= 4 is 43.6 Å². The Bertz CT molecular complexity index is 3110. The van der Waals surface area contributed by atoms with Gasteiger partial charge in [0, 0.05) is 32.9 Å².